The van der Waals surface area contributed by atoms with Crippen LogP contribution in [0.15, 0.2) is 30.3 Å². The molecule has 0 saturated carbocycles. The number of halogens is 1. The van der Waals surface area contributed by atoms with E-state index in [1.165, 1.54) is 12.1 Å². The van der Waals surface area contributed by atoms with Crippen molar-refractivity contribution in [1.82, 2.24) is 0 Å². The predicted molar refractivity (Wildman–Crippen MR) is 38.5 cm³/mol. The summed E-state index contributed by atoms with van der Waals surface area (Å²) in [5, 5.41) is 18.0. The van der Waals surface area contributed by atoms with Gasteiger partial charge in [0.15, 0.2) is 0 Å². The van der Waals surface area contributed by atoms with Crippen LogP contribution in [0, 0.1) is 0 Å². The molecule has 11 heavy (non-hydrogen) atoms. The molecule has 0 aliphatic rings. The average molecular weight is 156 g/mol. The molecule has 0 aliphatic carbocycles. The Morgan fingerprint density at radius 2 is 1.73 bits per heavy atom. The highest BCUT2D eigenvalue weighted by Gasteiger charge is 2.24. The van der Waals surface area contributed by atoms with Crippen molar-refractivity contribution in [3.8, 4) is 0 Å². The van der Waals surface area contributed by atoms with Crippen LogP contribution < -0.4 is 0 Å². The lowest BCUT2D eigenvalue weighted by molar-refractivity contribution is -0.180. The molecule has 0 saturated heterocycles. The van der Waals surface area contributed by atoms with Gasteiger partial charge in [-0.2, -0.15) is 0 Å². The first-order chi connectivity index (χ1) is 5.17. The smallest absolute Gasteiger partial charge is 0.219 e. The summed E-state index contributed by atoms with van der Waals surface area (Å²) in [5.74, 6) is -2.33. The van der Waals surface area contributed by atoms with Crippen LogP contribution >= 0.6 is 0 Å². The lowest BCUT2D eigenvalue weighted by atomic mass is 10.1. The van der Waals surface area contributed by atoms with E-state index in [0.717, 1.165) is 0 Å². The van der Waals surface area contributed by atoms with Crippen LogP contribution in [0.4, 0.5) is 4.39 Å². The van der Waals surface area contributed by atoms with Crippen LogP contribution in [0.3, 0.4) is 0 Å². The van der Waals surface area contributed by atoms with Crippen LogP contribution in [0.5, 0.6) is 0 Å². The zero-order chi connectivity index (χ0) is 8.32. The van der Waals surface area contributed by atoms with Crippen molar-refractivity contribution in [3.63, 3.8) is 0 Å². The van der Waals surface area contributed by atoms with E-state index < -0.39 is 12.5 Å². The van der Waals surface area contributed by atoms with E-state index in [-0.39, 0.29) is 5.56 Å². The third-order valence-corrected chi connectivity index (χ3v) is 1.42. The van der Waals surface area contributed by atoms with Crippen LogP contribution in [-0.2, 0) is 5.79 Å². The molecule has 3 heteroatoms. The van der Waals surface area contributed by atoms with Crippen molar-refractivity contribution in [1.29, 1.82) is 0 Å². The molecule has 0 radical (unpaired) electrons. The summed E-state index contributed by atoms with van der Waals surface area (Å²) >= 11 is 0. The van der Waals surface area contributed by atoms with Gasteiger partial charge < -0.3 is 10.2 Å². The molecule has 2 N–H and O–H groups in total. The molecule has 0 spiro atoms. The molecular formula is C8H9FO2. The Hall–Kier alpha value is -0.930. The van der Waals surface area contributed by atoms with Gasteiger partial charge in [0.2, 0.25) is 5.79 Å². The molecule has 0 heterocycles. The molecule has 60 valence electrons. The summed E-state index contributed by atoms with van der Waals surface area (Å²) in [6.45, 7) is -1.20. The van der Waals surface area contributed by atoms with Crippen molar-refractivity contribution >= 4 is 0 Å². The first-order valence-corrected chi connectivity index (χ1v) is 3.23. The molecule has 2 nitrogen and oxygen atoms in total. The molecule has 1 rings (SSSR count). The fourth-order valence-electron chi connectivity index (χ4n) is 0.782. The van der Waals surface area contributed by atoms with Gasteiger partial charge in [-0.15, -0.1) is 0 Å². The summed E-state index contributed by atoms with van der Waals surface area (Å²) in [5.41, 5.74) is 0.169. The van der Waals surface area contributed by atoms with Crippen LogP contribution in [0.2, 0.25) is 0 Å². The highest BCUT2D eigenvalue weighted by Crippen LogP contribution is 2.17. The van der Waals surface area contributed by atoms with Crippen LogP contribution in [-0.4, -0.2) is 16.9 Å². The fourth-order valence-corrected chi connectivity index (χ4v) is 0.782. The van der Waals surface area contributed by atoms with Gasteiger partial charge >= 0.3 is 0 Å². The summed E-state index contributed by atoms with van der Waals surface area (Å²) in [7, 11) is 0. The van der Waals surface area contributed by atoms with E-state index in [1.54, 1.807) is 18.2 Å². The van der Waals surface area contributed by atoms with E-state index in [0.29, 0.717) is 0 Å². The van der Waals surface area contributed by atoms with Crippen LogP contribution in [0.25, 0.3) is 0 Å². The van der Waals surface area contributed by atoms with E-state index in [1.807, 2.05) is 0 Å². The highest BCUT2D eigenvalue weighted by molar-refractivity contribution is 5.19. The maximum atomic E-state index is 12.0. The molecule has 0 atom stereocenters. The maximum absolute atomic E-state index is 12.0. The van der Waals surface area contributed by atoms with E-state index >= 15 is 0 Å². The van der Waals surface area contributed by atoms with Gasteiger partial charge in [0.05, 0.1) is 0 Å². The quantitative estimate of drug-likeness (QED) is 0.621. The number of hydrogen-bond donors (Lipinski definition) is 2. The normalized spacial score (nSPS) is 11.5. The number of aliphatic hydroxyl groups is 2. The van der Waals surface area contributed by atoms with Crippen molar-refractivity contribution in [2.75, 3.05) is 6.67 Å². The largest absolute Gasteiger partial charge is 0.360 e. The fraction of sp³-hybridized carbons (Fsp3) is 0.250. The lowest BCUT2D eigenvalue weighted by Crippen LogP contribution is -2.27. The minimum absolute atomic E-state index is 0.169. The topological polar surface area (TPSA) is 40.5 Å². The molecule has 0 aliphatic heterocycles. The van der Waals surface area contributed by atoms with Gasteiger partial charge in [-0.3, -0.25) is 0 Å². The van der Waals surface area contributed by atoms with E-state index in [9.17, 15) is 4.39 Å². The molecule has 1 aromatic carbocycles. The number of alkyl halides is 1. The Bertz CT molecular complexity index is 221. The van der Waals surface area contributed by atoms with Gasteiger partial charge in [-0.05, 0) is 0 Å². The lowest BCUT2D eigenvalue weighted by Gasteiger charge is -2.17. The molecule has 1 aromatic rings. The molecule has 0 bridgehead atoms. The monoisotopic (exact) mass is 156 g/mol. The SMILES string of the molecule is OC(O)(CF)c1ccccc1. The van der Waals surface area contributed by atoms with Crippen molar-refractivity contribution in [2.24, 2.45) is 0 Å². The maximum Gasteiger partial charge on any atom is 0.219 e. The second-order valence-electron chi connectivity index (χ2n) is 2.32. The summed E-state index contributed by atoms with van der Waals surface area (Å²) in [6, 6.07) is 7.87. The van der Waals surface area contributed by atoms with Crippen LogP contribution in [0.1, 0.15) is 5.56 Å². The van der Waals surface area contributed by atoms with Gasteiger partial charge in [0.25, 0.3) is 0 Å². The molecule has 0 unspecified atom stereocenters. The molecular weight excluding hydrogens is 147 g/mol. The van der Waals surface area contributed by atoms with Gasteiger partial charge in [0.1, 0.15) is 6.67 Å². The third kappa shape index (κ3) is 1.76. The number of rotatable bonds is 2. The zero-order valence-corrected chi connectivity index (χ0v) is 5.87. The Kier molecular flexibility index (Phi) is 2.22. The Morgan fingerprint density at radius 3 is 2.18 bits per heavy atom. The van der Waals surface area contributed by atoms with Gasteiger partial charge in [-0.1, -0.05) is 30.3 Å². The summed E-state index contributed by atoms with van der Waals surface area (Å²) in [6.07, 6.45) is 0. The Morgan fingerprint density at radius 1 is 1.18 bits per heavy atom. The second kappa shape index (κ2) is 2.98. The van der Waals surface area contributed by atoms with Crippen molar-refractivity contribution in [2.45, 2.75) is 5.79 Å². The first kappa shape index (κ1) is 8.17. The number of benzene rings is 1. The summed E-state index contributed by atoms with van der Waals surface area (Å²) < 4.78 is 12.0. The minimum Gasteiger partial charge on any atom is -0.360 e. The van der Waals surface area contributed by atoms with Crippen molar-refractivity contribution < 1.29 is 14.6 Å². The molecule has 0 fully saturated rings. The Labute approximate surface area is 63.9 Å². The van der Waals surface area contributed by atoms with Gasteiger partial charge in [-0.25, -0.2) is 4.39 Å². The summed E-state index contributed by atoms with van der Waals surface area (Å²) in [4.78, 5) is 0. The predicted octanol–water partition coefficient (Wildman–Crippen LogP) is 0.793. The van der Waals surface area contributed by atoms with E-state index in [4.69, 9.17) is 10.2 Å². The average Bonchev–Trinajstić information content (AvgIpc) is 2.06. The van der Waals surface area contributed by atoms with Crippen molar-refractivity contribution in [3.05, 3.63) is 35.9 Å². The second-order valence-corrected chi connectivity index (χ2v) is 2.32. The Balaban J connectivity index is 2.93. The molecule has 0 amide bonds. The standard InChI is InChI=1S/C8H9FO2/c9-6-8(10,11)7-4-2-1-3-5-7/h1-5,10-11H,6H2. The minimum atomic E-state index is -2.33. The zero-order valence-electron chi connectivity index (χ0n) is 5.87. The van der Waals surface area contributed by atoms with E-state index in [2.05, 4.69) is 0 Å². The highest BCUT2D eigenvalue weighted by atomic mass is 19.1. The van der Waals surface area contributed by atoms with Gasteiger partial charge in [0, 0.05) is 5.56 Å². The molecule has 0 aromatic heterocycles. The first-order valence-electron chi connectivity index (χ1n) is 3.23. The number of hydrogen-bond acceptors (Lipinski definition) is 2. The third-order valence-electron chi connectivity index (χ3n) is 1.42.